The molecule has 0 saturated heterocycles. The van der Waals surface area contributed by atoms with E-state index in [1.165, 1.54) is 0 Å². The van der Waals surface area contributed by atoms with Crippen molar-refractivity contribution in [1.82, 2.24) is 15.1 Å². The van der Waals surface area contributed by atoms with Crippen LogP contribution in [0.1, 0.15) is 41.9 Å². The highest BCUT2D eigenvalue weighted by molar-refractivity contribution is 7.08. The number of hydrogen-bond donors (Lipinski definition) is 2. The summed E-state index contributed by atoms with van der Waals surface area (Å²) in [6, 6.07) is 5.93. The first-order valence-electron chi connectivity index (χ1n) is 10.2. The van der Waals surface area contributed by atoms with Gasteiger partial charge in [-0.05, 0) is 44.3 Å². The van der Waals surface area contributed by atoms with Crippen molar-refractivity contribution in [3.8, 4) is 28.4 Å². The van der Waals surface area contributed by atoms with E-state index in [2.05, 4.69) is 11.4 Å². The van der Waals surface area contributed by atoms with E-state index in [4.69, 9.17) is 20.3 Å². The van der Waals surface area contributed by atoms with E-state index in [9.17, 15) is 4.79 Å². The van der Waals surface area contributed by atoms with Crippen LogP contribution in [0.4, 0.5) is 0 Å². The number of nitrogens with zero attached hydrogens (tertiary/aromatic N) is 2. The lowest BCUT2D eigenvalue weighted by Crippen LogP contribution is -2.27. The van der Waals surface area contributed by atoms with Gasteiger partial charge >= 0.3 is 0 Å². The van der Waals surface area contributed by atoms with Gasteiger partial charge in [0, 0.05) is 34.7 Å². The van der Waals surface area contributed by atoms with E-state index in [1.807, 2.05) is 47.5 Å². The van der Waals surface area contributed by atoms with Gasteiger partial charge in [-0.3, -0.25) is 4.79 Å². The highest BCUT2D eigenvalue weighted by Crippen LogP contribution is 2.44. The fourth-order valence-corrected chi connectivity index (χ4v) is 4.25. The summed E-state index contributed by atoms with van der Waals surface area (Å²) in [7, 11) is 1.65. The minimum atomic E-state index is -0.219. The number of fused-ring (bicyclic) bond motifs is 3. The lowest BCUT2D eigenvalue weighted by Gasteiger charge is -2.21. The molecular formula is C23H26N4O3S. The Kier molecular flexibility index (Phi) is 6.11. The molecule has 0 aliphatic carbocycles. The summed E-state index contributed by atoms with van der Waals surface area (Å²) >= 11 is 1.58. The number of aromatic nitrogens is 2. The van der Waals surface area contributed by atoms with Crippen LogP contribution in [0, 0.1) is 0 Å². The summed E-state index contributed by atoms with van der Waals surface area (Å²) in [4.78, 5) is 12.9. The second-order valence-electron chi connectivity index (χ2n) is 7.57. The SMILES string of the molecule is COc1cc2c(cc1C=C(C)C)-c1c(c(C(=O)NCCCN)nn1-c1ccsc1)CO2. The van der Waals surface area contributed by atoms with Crippen LogP contribution in [0.25, 0.3) is 23.0 Å². The molecule has 8 heteroatoms. The molecule has 4 rings (SSSR count). The van der Waals surface area contributed by atoms with E-state index in [-0.39, 0.29) is 12.5 Å². The number of benzene rings is 1. The average molecular weight is 439 g/mol. The maximum absolute atomic E-state index is 12.9. The van der Waals surface area contributed by atoms with E-state index >= 15 is 0 Å². The molecule has 162 valence electrons. The van der Waals surface area contributed by atoms with Crippen molar-refractivity contribution in [2.45, 2.75) is 26.9 Å². The van der Waals surface area contributed by atoms with Gasteiger partial charge in [-0.25, -0.2) is 4.68 Å². The van der Waals surface area contributed by atoms with E-state index in [0.29, 0.717) is 31.0 Å². The van der Waals surface area contributed by atoms with Crippen LogP contribution in [-0.4, -0.2) is 35.9 Å². The van der Waals surface area contributed by atoms with Crippen LogP contribution >= 0.6 is 11.3 Å². The average Bonchev–Trinajstić information content (AvgIpc) is 3.40. The largest absolute Gasteiger partial charge is 0.496 e. The molecule has 31 heavy (non-hydrogen) atoms. The molecule has 0 atom stereocenters. The molecule has 3 heterocycles. The number of carbonyl (C=O) groups is 1. The molecule has 7 nitrogen and oxygen atoms in total. The molecule has 1 amide bonds. The Morgan fingerprint density at radius 2 is 2.26 bits per heavy atom. The first-order valence-corrected chi connectivity index (χ1v) is 11.1. The lowest BCUT2D eigenvalue weighted by atomic mass is 9.98. The molecule has 0 fully saturated rings. The molecule has 0 spiro atoms. The van der Waals surface area contributed by atoms with Gasteiger partial charge in [-0.2, -0.15) is 16.4 Å². The number of allylic oxidation sites excluding steroid dienone is 1. The summed E-state index contributed by atoms with van der Waals surface area (Å²) in [5.74, 6) is 1.23. The molecule has 3 aromatic rings. The van der Waals surface area contributed by atoms with Crippen LogP contribution in [0.2, 0.25) is 0 Å². The number of nitrogens with two attached hydrogens (primary N) is 1. The van der Waals surface area contributed by atoms with Gasteiger partial charge in [-0.15, -0.1) is 0 Å². The summed E-state index contributed by atoms with van der Waals surface area (Å²) in [5, 5.41) is 11.6. The van der Waals surface area contributed by atoms with Crippen molar-refractivity contribution in [3.63, 3.8) is 0 Å². The number of ether oxygens (including phenoxy) is 2. The zero-order valence-corrected chi connectivity index (χ0v) is 18.7. The number of rotatable bonds is 7. The van der Waals surface area contributed by atoms with Crippen molar-refractivity contribution in [3.05, 3.63) is 51.4 Å². The Morgan fingerprint density at radius 1 is 1.42 bits per heavy atom. The third-order valence-electron chi connectivity index (χ3n) is 5.02. The first-order chi connectivity index (χ1) is 15.0. The first kappa shape index (κ1) is 21.1. The van der Waals surface area contributed by atoms with Gasteiger partial charge in [0.2, 0.25) is 0 Å². The highest BCUT2D eigenvalue weighted by Gasteiger charge is 2.31. The van der Waals surface area contributed by atoms with Gasteiger partial charge in [0.1, 0.15) is 18.1 Å². The Bertz CT molecular complexity index is 1130. The van der Waals surface area contributed by atoms with Gasteiger partial charge in [0.05, 0.1) is 18.5 Å². The lowest BCUT2D eigenvalue weighted by molar-refractivity contribution is 0.0945. The van der Waals surface area contributed by atoms with Crippen molar-refractivity contribution in [2.75, 3.05) is 20.2 Å². The zero-order chi connectivity index (χ0) is 22.0. The molecule has 0 radical (unpaired) electrons. The molecule has 0 saturated carbocycles. The second-order valence-corrected chi connectivity index (χ2v) is 8.35. The molecule has 0 bridgehead atoms. The van der Waals surface area contributed by atoms with E-state index in [1.54, 1.807) is 18.4 Å². The monoisotopic (exact) mass is 438 g/mol. The smallest absolute Gasteiger partial charge is 0.272 e. The zero-order valence-electron chi connectivity index (χ0n) is 17.9. The maximum Gasteiger partial charge on any atom is 0.272 e. The third kappa shape index (κ3) is 4.08. The number of methoxy groups -OCH3 is 1. The molecular weight excluding hydrogens is 412 g/mol. The van der Waals surface area contributed by atoms with Crippen molar-refractivity contribution in [2.24, 2.45) is 5.73 Å². The fourth-order valence-electron chi connectivity index (χ4n) is 3.63. The quantitative estimate of drug-likeness (QED) is 0.544. The fraction of sp³-hybridized carbons (Fsp3) is 0.304. The standard InChI is InChI=1S/C23H26N4O3S/c1-14(2)9-15-10-17-20(11-19(15)29-3)30-12-18-21(23(28)25-7-4-6-24)26-27(22(17)18)16-5-8-31-13-16/h5,8-11,13H,4,6-7,12,24H2,1-3H3,(H,25,28). The third-order valence-corrected chi connectivity index (χ3v) is 5.69. The summed E-state index contributed by atoms with van der Waals surface area (Å²) in [5.41, 5.74) is 11.5. The predicted molar refractivity (Wildman–Crippen MR) is 123 cm³/mol. The van der Waals surface area contributed by atoms with Crippen LogP contribution in [0.5, 0.6) is 11.5 Å². The Morgan fingerprint density at radius 3 is 2.94 bits per heavy atom. The molecule has 0 unspecified atom stereocenters. The van der Waals surface area contributed by atoms with Crippen molar-refractivity contribution >= 4 is 23.3 Å². The van der Waals surface area contributed by atoms with Crippen LogP contribution in [-0.2, 0) is 6.61 Å². The summed E-state index contributed by atoms with van der Waals surface area (Å²) < 4.78 is 13.5. The summed E-state index contributed by atoms with van der Waals surface area (Å²) in [6.45, 7) is 5.37. The van der Waals surface area contributed by atoms with Crippen LogP contribution < -0.4 is 20.5 Å². The Labute approximate surface area is 185 Å². The van der Waals surface area contributed by atoms with Gasteiger partial charge < -0.3 is 20.5 Å². The van der Waals surface area contributed by atoms with Crippen molar-refractivity contribution in [1.29, 1.82) is 0 Å². The number of carbonyl (C=O) groups excluding carboxylic acids is 1. The number of hydrogen-bond acceptors (Lipinski definition) is 6. The number of thiophene rings is 1. The van der Waals surface area contributed by atoms with Gasteiger partial charge in [0.15, 0.2) is 5.69 Å². The van der Waals surface area contributed by atoms with Crippen LogP contribution in [0.15, 0.2) is 34.5 Å². The summed E-state index contributed by atoms with van der Waals surface area (Å²) in [6.07, 6.45) is 2.78. The molecule has 1 aromatic carbocycles. The van der Waals surface area contributed by atoms with E-state index in [0.717, 1.165) is 39.4 Å². The van der Waals surface area contributed by atoms with Gasteiger partial charge in [0.25, 0.3) is 5.91 Å². The minimum Gasteiger partial charge on any atom is -0.496 e. The molecule has 2 aromatic heterocycles. The van der Waals surface area contributed by atoms with Crippen LogP contribution in [0.3, 0.4) is 0 Å². The van der Waals surface area contributed by atoms with Crippen molar-refractivity contribution < 1.29 is 14.3 Å². The topological polar surface area (TPSA) is 91.4 Å². The number of amides is 1. The predicted octanol–water partition coefficient (Wildman–Crippen LogP) is 4.00. The minimum absolute atomic E-state index is 0.219. The number of nitrogens with one attached hydrogen (secondary N) is 1. The maximum atomic E-state index is 12.9. The molecule has 1 aliphatic rings. The van der Waals surface area contributed by atoms with E-state index < -0.39 is 0 Å². The second kappa shape index (κ2) is 8.95. The highest BCUT2D eigenvalue weighted by atomic mass is 32.1. The molecule has 1 aliphatic heterocycles. The van der Waals surface area contributed by atoms with Gasteiger partial charge in [-0.1, -0.05) is 11.6 Å². The Balaban J connectivity index is 1.89. The Hall–Kier alpha value is -3.10. The molecule has 3 N–H and O–H groups in total. The normalized spacial score (nSPS) is 11.9.